The largest absolute Gasteiger partial charge is 0.381 e. The van der Waals surface area contributed by atoms with E-state index in [1.165, 1.54) is 12.1 Å². The van der Waals surface area contributed by atoms with Crippen LogP contribution in [0.1, 0.15) is 12.8 Å². The van der Waals surface area contributed by atoms with E-state index in [1.54, 1.807) is 12.3 Å². The molecular formula is C18H18F2N4. The molecule has 1 aromatic heterocycles. The molecule has 0 radical (unpaired) electrons. The Labute approximate surface area is 138 Å². The zero-order valence-electron chi connectivity index (χ0n) is 13.1. The van der Waals surface area contributed by atoms with Crippen molar-refractivity contribution in [2.24, 2.45) is 0 Å². The molecule has 0 bridgehead atoms. The summed E-state index contributed by atoms with van der Waals surface area (Å²) in [7, 11) is 0. The second kappa shape index (κ2) is 6.11. The lowest BCUT2D eigenvalue weighted by atomic mass is 10.0. The summed E-state index contributed by atoms with van der Waals surface area (Å²) >= 11 is 0. The second-order valence-electron chi connectivity index (χ2n) is 6.20. The smallest absolute Gasteiger partial charge is 0.160 e. The number of H-pyrrole nitrogens is 1. The molecule has 0 aliphatic carbocycles. The highest BCUT2D eigenvalue weighted by Crippen LogP contribution is 2.24. The fourth-order valence-electron chi connectivity index (χ4n) is 3.28. The van der Waals surface area contributed by atoms with Crippen LogP contribution in [0, 0.1) is 11.6 Å². The summed E-state index contributed by atoms with van der Waals surface area (Å²) in [5.74, 6) is -1.60. The van der Waals surface area contributed by atoms with Gasteiger partial charge in [-0.15, -0.1) is 0 Å². The number of nitrogens with one attached hydrogen (secondary N) is 2. The minimum absolute atomic E-state index is 0.260. The van der Waals surface area contributed by atoms with Gasteiger partial charge in [0.15, 0.2) is 11.6 Å². The summed E-state index contributed by atoms with van der Waals surface area (Å²) < 4.78 is 26.6. The summed E-state index contributed by atoms with van der Waals surface area (Å²) in [6, 6.07) is 10.4. The Kier molecular flexibility index (Phi) is 3.80. The molecule has 0 amide bonds. The molecule has 1 fully saturated rings. The quantitative estimate of drug-likeness (QED) is 0.766. The fraction of sp³-hybridized carbons (Fsp3) is 0.278. The maximum Gasteiger partial charge on any atom is 0.160 e. The van der Waals surface area contributed by atoms with Crippen molar-refractivity contribution < 1.29 is 8.78 Å². The first-order valence-electron chi connectivity index (χ1n) is 8.09. The van der Waals surface area contributed by atoms with Crippen molar-refractivity contribution in [1.29, 1.82) is 0 Å². The summed E-state index contributed by atoms with van der Waals surface area (Å²) in [5.41, 5.74) is 2.78. The van der Waals surface area contributed by atoms with Crippen LogP contribution in [0.4, 0.5) is 20.2 Å². The minimum atomic E-state index is -0.807. The fourth-order valence-corrected chi connectivity index (χ4v) is 3.28. The van der Waals surface area contributed by atoms with Gasteiger partial charge in [-0.3, -0.25) is 5.10 Å². The van der Waals surface area contributed by atoms with Gasteiger partial charge >= 0.3 is 0 Å². The average molecular weight is 328 g/mol. The predicted octanol–water partition coefficient (Wildman–Crippen LogP) is 3.92. The van der Waals surface area contributed by atoms with Crippen LogP contribution in [-0.4, -0.2) is 29.3 Å². The molecule has 3 aromatic rings. The number of hydrogen-bond donors (Lipinski definition) is 2. The van der Waals surface area contributed by atoms with Crippen LogP contribution in [0.5, 0.6) is 0 Å². The molecule has 1 atom stereocenters. The van der Waals surface area contributed by atoms with E-state index in [9.17, 15) is 8.78 Å². The highest BCUT2D eigenvalue weighted by atomic mass is 19.2. The Bertz CT molecular complexity index is 861. The van der Waals surface area contributed by atoms with Crippen LogP contribution in [-0.2, 0) is 0 Å². The van der Waals surface area contributed by atoms with Crippen LogP contribution in [0.2, 0.25) is 0 Å². The van der Waals surface area contributed by atoms with Gasteiger partial charge in [0, 0.05) is 42.0 Å². The van der Waals surface area contributed by atoms with Gasteiger partial charge in [0.25, 0.3) is 0 Å². The van der Waals surface area contributed by atoms with E-state index in [0.29, 0.717) is 0 Å². The number of fused-ring (bicyclic) bond motifs is 1. The highest BCUT2D eigenvalue weighted by molar-refractivity contribution is 5.81. The maximum atomic E-state index is 13.5. The zero-order valence-corrected chi connectivity index (χ0v) is 13.1. The molecule has 24 heavy (non-hydrogen) atoms. The van der Waals surface area contributed by atoms with Crippen molar-refractivity contribution in [1.82, 2.24) is 10.2 Å². The van der Waals surface area contributed by atoms with Gasteiger partial charge in [0.05, 0.1) is 11.7 Å². The lowest BCUT2D eigenvalue weighted by molar-refractivity contribution is 0.503. The van der Waals surface area contributed by atoms with E-state index in [-0.39, 0.29) is 6.04 Å². The molecular weight excluding hydrogens is 310 g/mol. The molecule has 0 spiro atoms. The summed E-state index contributed by atoms with van der Waals surface area (Å²) in [5, 5.41) is 11.6. The number of rotatable bonds is 3. The third-order valence-electron chi connectivity index (χ3n) is 4.50. The molecule has 124 valence electrons. The summed E-state index contributed by atoms with van der Waals surface area (Å²) in [6.07, 6.45) is 3.85. The Morgan fingerprint density at radius 1 is 1.12 bits per heavy atom. The monoisotopic (exact) mass is 328 g/mol. The van der Waals surface area contributed by atoms with Crippen LogP contribution < -0.4 is 10.2 Å². The summed E-state index contributed by atoms with van der Waals surface area (Å²) in [6.45, 7) is 1.61. The second-order valence-corrected chi connectivity index (χ2v) is 6.20. The average Bonchev–Trinajstić information content (AvgIpc) is 3.05. The van der Waals surface area contributed by atoms with Crippen molar-refractivity contribution in [3.63, 3.8) is 0 Å². The topological polar surface area (TPSA) is 44.0 Å². The van der Waals surface area contributed by atoms with E-state index in [2.05, 4.69) is 26.5 Å². The Balaban J connectivity index is 1.48. The highest BCUT2D eigenvalue weighted by Gasteiger charge is 2.21. The van der Waals surface area contributed by atoms with E-state index < -0.39 is 11.6 Å². The zero-order chi connectivity index (χ0) is 16.5. The first-order chi connectivity index (χ1) is 11.7. The number of nitrogens with zero attached hydrogens (tertiary/aromatic N) is 2. The standard InChI is InChI=1S/C18H18F2N4/c19-16-5-4-15(9-17(16)20)24-7-1-2-14(11-24)22-13-3-6-18-12(8-13)10-21-23-18/h3-6,8-10,14,22H,1-2,7,11H2,(H,21,23). The number of halogens is 2. The van der Waals surface area contributed by atoms with Gasteiger partial charge in [-0.1, -0.05) is 0 Å². The van der Waals surface area contributed by atoms with Crippen LogP contribution >= 0.6 is 0 Å². The van der Waals surface area contributed by atoms with Crippen molar-refractivity contribution >= 4 is 22.3 Å². The van der Waals surface area contributed by atoms with E-state index in [4.69, 9.17) is 0 Å². The minimum Gasteiger partial charge on any atom is -0.381 e. The molecule has 1 unspecified atom stereocenters. The first kappa shape index (κ1) is 14.9. The molecule has 4 nitrogen and oxygen atoms in total. The van der Waals surface area contributed by atoms with Crippen molar-refractivity contribution in [3.8, 4) is 0 Å². The number of aromatic nitrogens is 2. The Morgan fingerprint density at radius 3 is 2.92 bits per heavy atom. The molecule has 2 heterocycles. The normalized spacial score (nSPS) is 18.1. The molecule has 2 N–H and O–H groups in total. The molecule has 2 aromatic carbocycles. The molecule has 1 aliphatic rings. The van der Waals surface area contributed by atoms with Gasteiger partial charge in [-0.05, 0) is 43.2 Å². The lowest BCUT2D eigenvalue weighted by Gasteiger charge is -2.35. The van der Waals surface area contributed by atoms with Gasteiger partial charge in [-0.25, -0.2) is 8.78 Å². The van der Waals surface area contributed by atoms with Crippen LogP contribution in [0.25, 0.3) is 10.9 Å². The van der Waals surface area contributed by atoms with E-state index in [0.717, 1.165) is 48.2 Å². The summed E-state index contributed by atoms with van der Waals surface area (Å²) in [4.78, 5) is 2.10. The molecule has 4 rings (SSSR count). The number of benzene rings is 2. The van der Waals surface area contributed by atoms with E-state index >= 15 is 0 Å². The van der Waals surface area contributed by atoms with Crippen molar-refractivity contribution in [2.75, 3.05) is 23.3 Å². The van der Waals surface area contributed by atoms with Gasteiger partial charge in [0.2, 0.25) is 0 Å². The van der Waals surface area contributed by atoms with Crippen molar-refractivity contribution in [2.45, 2.75) is 18.9 Å². The van der Waals surface area contributed by atoms with Gasteiger partial charge < -0.3 is 10.2 Å². The number of aromatic amines is 1. The maximum absolute atomic E-state index is 13.5. The van der Waals surface area contributed by atoms with Crippen molar-refractivity contribution in [3.05, 3.63) is 54.2 Å². The first-order valence-corrected chi connectivity index (χ1v) is 8.09. The van der Waals surface area contributed by atoms with Gasteiger partial charge in [-0.2, -0.15) is 5.10 Å². The molecule has 1 aliphatic heterocycles. The van der Waals surface area contributed by atoms with E-state index in [1.807, 2.05) is 12.1 Å². The van der Waals surface area contributed by atoms with Crippen LogP contribution in [0.15, 0.2) is 42.6 Å². The third kappa shape index (κ3) is 2.91. The SMILES string of the molecule is Fc1ccc(N2CCCC(Nc3ccc4[nH]ncc4c3)C2)cc1F. The Hall–Kier alpha value is -2.63. The Morgan fingerprint density at radius 2 is 2.04 bits per heavy atom. The number of anilines is 2. The molecule has 6 heteroatoms. The number of piperidine rings is 1. The van der Waals surface area contributed by atoms with Crippen LogP contribution in [0.3, 0.4) is 0 Å². The molecule has 0 saturated carbocycles. The lowest BCUT2D eigenvalue weighted by Crippen LogP contribution is -2.42. The third-order valence-corrected chi connectivity index (χ3v) is 4.50. The number of hydrogen-bond acceptors (Lipinski definition) is 3. The molecule has 1 saturated heterocycles. The van der Waals surface area contributed by atoms with Gasteiger partial charge in [0.1, 0.15) is 0 Å². The predicted molar refractivity (Wildman–Crippen MR) is 91.3 cm³/mol.